The second-order valence-electron chi connectivity index (χ2n) is 8.02. The number of rotatable bonds is 5. The van der Waals surface area contributed by atoms with Crippen LogP contribution in [-0.4, -0.2) is 21.8 Å². The van der Waals surface area contributed by atoms with Gasteiger partial charge in [-0.2, -0.15) is 0 Å². The largest absolute Gasteiger partial charge is 0.325 e. The minimum Gasteiger partial charge on any atom is -0.325 e. The molecule has 2 atom stereocenters. The number of anilines is 1. The summed E-state index contributed by atoms with van der Waals surface area (Å²) in [6, 6.07) is 20.5. The molecule has 6 heteroatoms. The lowest BCUT2D eigenvalue weighted by Gasteiger charge is -2.14. The van der Waals surface area contributed by atoms with E-state index in [1.807, 2.05) is 30.5 Å². The van der Waals surface area contributed by atoms with E-state index in [1.54, 1.807) is 6.20 Å². The summed E-state index contributed by atoms with van der Waals surface area (Å²) in [5.74, 6) is -0.0204. The Kier molecular flexibility index (Phi) is 5.27. The zero-order chi connectivity index (χ0) is 20.3. The summed E-state index contributed by atoms with van der Waals surface area (Å²) < 4.78 is 0. The molecule has 1 saturated heterocycles. The second kappa shape index (κ2) is 8.36. The van der Waals surface area contributed by atoms with Crippen LogP contribution >= 0.6 is 0 Å². The number of aromatic nitrogens is 1. The van der Waals surface area contributed by atoms with E-state index < -0.39 is 0 Å². The highest BCUT2D eigenvalue weighted by Crippen LogP contribution is 2.28. The molecule has 2 aliphatic rings. The molecule has 2 aromatic carbocycles. The van der Waals surface area contributed by atoms with E-state index in [0.717, 1.165) is 30.9 Å². The molecule has 1 aromatic heterocycles. The standard InChI is InChI=1S/C24H25N5O/c30-24(23-12-22(27-28-23)18-7-4-10-25-13-18)26-21-9-8-19-15-29(16-20(19)11-21)14-17-5-2-1-3-6-17/h1-11,13,22-23,27-28H,12,14-16H2,(H,26,30). The second-order valence-corrected chi connectivity index (χ2v) is 8.02. The molecule has 0 aliphatic carbocycles. The fraction of sp³-hybridized carbons (Fsp3) is 0.250. The van der Waals surface area contributed by atoms with Crippen LogP contribution in [0.4, 0.5) is 5.69 Å². The lowest BCUT2D eigenvalue weighted by molar-refractivity contribution is -0.117. The Morgan fingerprint density at radius 1 is 1.03 bits per heavy atom. The molecule has 3 aromatic rings. The molecule has 5 rings (SSSR count). The van der Waals surface area contributed by atoms with Gasteiger partial charge in [-0.3, -0.25) is 14.7 Å². The normalized spacial score (nSPS) is 20.8. The molecule has 0 bridgehead atoms. The average Bonchev–Trinajstić information content (AvgIpc) is 3.42. The average molecular weight is 399 g/mol. The molecule has 3 heterocycles. The maximum Gasteiger partial charge on any atom is 0.242 e. The van der Waals surface area contributed by atoms with E-state index >= 15 is 0 Å². The van der Waals surface area contributed by atoms with Crippen molar-refractivity contribution in [3.05, 3.63) is 95.3 Å². The topological polar surface area (TPSA) is 69.3 Å². The van der Waals surface area contributed by atoms with Crippen molar-refractivity contribution in [3.63, 3.8) is 0 Å². The van der Waals surface area contributed by atoms with Crippen LogP contribution in [0, 0.1) is 0 Å². The van der Waals surface area contributed by atoms with Crippen molar-refractivity contribution < 1.29 is 4.79 Å². The number of carbonyl (C=O) groups excluding carboxylic acids is 1. The number of pyridine rings is 1. The third-order valence-corrected chi connectivity index (χ3v) is 5.82. The number of fused-ring (bicyclic) bond motifs is 1. The molecule has 1 amide bonds. The van der Waals surface area contributed by atoms with Crippen molar-refractivity contribution in [2.75, 3.05) is 5.32 Å². The number of benzene rings is 2. The number of nitrogens with one attached hydrogen (secondary N) is 3. The number of nitrogens with zero attached hydrogens (tertiary/aromatic N) is 2. The fourth-order valence-electron chi connectivity index (χ4n) is 4.25. The van der Waals surface area contributed by atoms with E-state index in [4.69, 9.17) is 0 Å². The SMILES string of the molecule is O=C(Nc1ccc2c(c1)CN(Cc1ccccc1)C2)C1CC(c2cccnc2)NN1. The maximum atomic E-state index is 12.8. The van der Waals surface area contributed by atoms with Gasteiger partial charge < -0.3 is 5.32 Å². The molecule has 2 unspecified atom stereocenters. The Hall–Kier alpha value is -3.06. The van der Waals surface area contributed by atoms with Crippen molar-refractivity contribution in [2.45, 2.75) is 38.1 Å². The number of carbonyl (C=O) groups is 1. The van der Waals surface area contributed by atoms with Crippen LogP contribution in [0.5, 0.6) is 0 Å². The summed E-state index contributed by atoms with van der Waals surface area (Å²) >= 11 is 0. The summed E-state index contributed by atoms with van der Waals surface area (Å²) in [5.41, 5.74) is 12.2. The van der Waals surface area contributed by atoms with Crippen LogP contribution in [0.2, 0.25) is 0 Å². The van der Waals surface area contributed by atoms with Gasteiger partial charge in [0.05, 0.1) is 0 Å². The Labute approximate surface area is 176 Å². The first-order chi connectivity index (χ1) is 14.7. The van der Waals surface area contributed by atoms with Crippen LogP contribution < -0.4 is 16.2 Å². The first-order valence-electron chi connectivity index (χ1n) is 10.3. The third-order valence-electron chi connectivity index (χ3n) is 5.82. The molecule has 0 spiro atoms. The van der Waals surface area contributed by atoms with E-state index in [2.05, 4.69) is 62.5 Å². The van der Waals surface area contributed by atoms with Gasteiger partial charge in [-0.1, -0.05) is 42.5 Å². The minimum absolute atomic E-state index is 0.0204. The van der Waals surface area contributed by atoms with Gasteiger partial charge >= 0.3 is 0 Å². The van der Waals surface area contributed by atoms with Crippen molar-refractivity contribution in [1.82, 2.24) is 20.7 Å². The lowest BCUT2D eigenvalue weighted by atomic mass is 10.0. The summed E-state index contributed by atoms with van der Waals surface area (Å²) in [4.78, 5) is 19.3. The van der Waals surface area contributed by atoms with Gasteiger partial charge in [0.2, 0.25) is 5.91 Å². The van der Waals surface area contributed by atoms with Crippen LogP contribution in [0.25, 0.3) is 0 Å². The molecule has 0 radical (unpaired) electrons. The first kappa shape index (κ1) is 18.9. The highest BCUT2D eigenvalue weighted by atomic mass is 16.2. The Morgan fingerprint density at radius 2 is 1.90 bits per heavy atom. The monoisotopic (exact) mass is 399 g/mol. The van der Waals surface area contributed by atoms with Crippen molar-refractivity contribution in [2.24, 2.45) is 0 Å². The molecule has 6 nitrogen and oxygen atoms in total. The predicted molar refractivity (Wildman–Crippen MR) is 116 cm³/mol. The molecule has 0 saturated carbocycles. The predicted octanol–water partition coefficient (Wildman–Crippen LogP) is 3.14. The van der Waals surface area contributed by atoms with Crippen LogP contribution in [0.1, 0.15) is 34.7 Å². The number of amides is 1. The highest BCUT2D eigenvalue weighted by molar-refractivity contribution is 5.95. The number of hydrogen-bond acceptors (Lipinski definition) is 5. The summed E-state index contributed by atoms with van der Waals surface area (Å²) in [6.45, 7) is 2.78. The van der Waals surface area contributed by atoms with Gasteiger partial charge in [0.15, 0.2) is 0 Å². The maximum absolute atomic E-state index is 12.8. The molecule has 30 heavy (non-hydrogen) atoms. The van der Waals surface area contributed by atoms with Crippen molar-refractivity contribution in [1.29, 1.82) is 0 Å². The molecule has 152 valence electrons. The molecular formula is C24H25N5O. The summed E-state index contributed by atoms with van der Waals surface area (Å²) in [7, 11) is 0. The van der Waals surface area contributed by atoms with Gasteiger partial charge in [-0.05, 0) is 46.9 Å². The zero-order valence-corrected chi connectivity index (χ0v) is 16.7. The lowest BCUT2D eigenvalue weighted by Crippen LogP contribution is -2.39. The fourth-order valence-corrected chi connectivity index (χ4v) is 4.25. The van der Waals surface area contributed by atoms with Crippen molar-refractivity contribution in [3.8, 4) is 0 Å². The van der Waals surface area contributed by atoms with Crippen LogP contribution in [0.15, 0.2) is 73.1 Å². The summed E-state index contributed by atoms with van der Waals surface area (Å²) in [5, 5.41) is 3.07. The van der Waals surface area contributed by atoms with Crippen molar-refractivity contribution >= 4 is 11.6 Å². The Bertz CT molecular complexity index is 1020. The van der Waals surface area contributed by atoms with Crippen LogP contribution in [-0.2, 0) is 24.4 Å². The number of hydrogen-bond donors (Lipinski definition) is 3. The molecular weight excluding hydrogens is 374 g/mol. The van der Waals surface area contributed by atoms with Crippen LogP contribution in [0.3, 0.4) is 0 Å². The molecule has 2 aliphatic heterocycles. The van der Waals surface area contributed by atoms with E-state index in [-0.39, 0.29) is 18.0 Å². The van der Waals surface area contributed by atoms with Gasteiger partial charge in [0.1, 0.15) is 6.04 Å². The van der Waals surface area contributed by atoms with E-state index in [1.165, 1.54) is 16.7 Å². The van der Waals surface area contributed by atoms with E-state index in [0.29, 0.717) is 6.42 Å². The zero-order valence-electron chi connectivity index (χ0n) is 16.7. The molecule has 1 fully saturated rings. The van der Waals surface area contributed by atoms with Gasteiger partial charge in [-0.15, -0.1) is 0 Å². The Balaban J connectivity index is 1.19. The quantitative estimate of drug-likeness (QED) is 0.615. The van der Waals surface area contributed by atoms with Gasteiger partial charge in [0.25, 0.3) is 0 Å². The summed E-state index contributed by atoms with van der Waals surface area (Å²) in [6.07, 6.45) is 4.28. The third kappa shape index (κ3) is 4.11. The highest BCUT2D eigenvalue weighted by Gasteiger charge is 2.30. The van der Waals surface area contributed by atoms with Gasteiger partial charge in [0, 0.05) is 43.8 Å². The first-order valence-corrected chi connectivity index (χ1v) is 10.3. The smallest absolute Gasteiger partial charge is 0.242 e. The number of hydrazine groups is 1. The Morgan fingerprint density at radius 3 is 2.73 bits per heavy atom. The minimum atomic E-state index is -0.280. The van der Waals surface area contributed by atoms with Gasteiger partial charge in [-0.25, -0.2) is 10.9 Å². The molecule has 3 N–H and O–H groups in total. The van der Waals surface area contributed by atoms with E-state index in [9.17, 15) is 4.79 Å².